The zero-order chi connectivity index (χ0) is 53.4. The number of nitrogens with zero attached hydrogens (tertiary/aromatic N) is 3. The van der Waals surface area contributed by atoms with Gasteiger partial charge in [0.05, 0.1) is 0 Å². The van der Waals surface area contributed by atoms with E-state index < -0.39 is 0 Å². The van der Waals surface area contributed by atoms with Gasteiger partial charge in [0.25, 0.3) is 0 Å². The summed E-state index contributed by atoms with van der Waals surface area (Å²) in [4.78, 5) is 14.6. The third kappa shape index (κ3) is 6.88. The molecule has 0 saturated heterocycles. The average Bonchev–Trinajstić information content (AvgIpc) is 3.96. The number of hydrogen-bond donors (Lipinski definition) is 0. The second kappa shape index (κ2) is 17.6. The van der Waals surface area contributed by atoms with E-state index in [0.717, 1.165) is 0 Å². The quantitative estimate of drug-likeness (QED) is 0.165. The minimum atomic E-state index is -0.347. The van der Waals surface area contributed by atoms with Crippen LogP contribution in [-0.4, -0.2) is 211 Å². The molecule has 50 radical (unpaired) electrons. The van der Waals surface area contributed by atoms with Crippen LogP contribution in [0.4, 0.5) is 0 Å². The molecule has 0 unspecified atom stereocenters. The molecule has 3 heterocycles. The molecule has 10 rings (SSSR count). The Kier molecular flexibility index (Phi) is 12.4. The molecule has 7 aromatic carbocycles. The molecule has 0 aliphatic rings. The molecule has 5 nitrogen and oxygen atoms in total. The van der Waals surface area contributed by atoms with E-state index in [0.29, 0.717) is 0 Å². The summed E-state index contributed by atoms with van der Waals surface area (Å²) < 4.78 is 12.5. The second-order valence-corrected chi connectivity index (χ2v) is 17.3. The van der Waals surface area contributed by atoms with Crippen molar-refractivity contribution in [3.8, 4) is 45.3 Å². The minimum absolute atomic E-state index is 0.00765. The van der Waals surface area contributed by atoms with Crippen molar-refractivity contribution in [3.05, 3.63) is 0 Å². The van der Waals surface area contributed by atoms with Crippen LogP contribution in [0.3, 0.4) is 0 Å². The molecule has 10 aromatic rings. The van der Waals surface area contributed by atoms with E-state index in [1.807, 2.05) is 0 Å². The molecule has 73 heavy (non-hydrogen) atoms. The third-order valence-electron chi connectivity index (χ3n) is 13.5. The van der Waals surface area contributed by atoms with Gasteiger partial charge >= 0.3 is 0 Å². The van der Waals surface area contributed by atoms with E-state index in [-0.39, 0.29) is 237 Å². The Morgan fingerprint density at radius 3 is 0.740 bits per heavy atom. The third-order valence-corrected chi connectivity index (χ3v) is 13.5. The van der Waals surface area contributed by atoms with Gasteiger partial charge in [-0.05, 0) is 21.9 Å². The van der Waals surface area contributed by atoms with E-state index in [1.54, 1.807) is 0 Å². The van der Waals surface area contributed by atoms with E-state index in [9.17, 15) is 0 Å². The highest BCUT2D eigenvalue weighted by Crippen LogP contribution is 2.37. The average molecular weight is 861 g/mol. The largest absolute Gasteiger partial charge is 0.457 e. The standard InChI is InChI=1S/C43B25N3O2/c44-12-1(3-5-7-16(48)24(56)31(63)35(67)39(7)72-37(5)33(65)28(60)14(3)46)2-4(15(47)22(12)54)9(18(50)23(55)13(2)45)41-69-42(71-43(70-41)11-20(52)26(58)30(62)27(59)21(11)53)10-6-8-17(49)25(57)32(64)36(68)40(8)73-38(6)34(66)29(61)19(10)51. The Labute approximate surface area is 453 Å². The number of hydrogen-bond acceptors (Lipinski definition) is 5. The first-order valence-corrected chi connectivity index (χ1v) is 21.1. The van der Waals surface area contributed by atoms with Crippen molar-refractivity contribution in [2.45, 2.75) is 0 Å². The van der Waals surface area contributed by atoms with Crippen LogP contribution in [0.1, 0.15) is 0 Å². The van der Waals surface area contributed by atoms with E-state index >= 15 is 0 Å². The predicted molar refractivity (Wildman–Crippen MR) is 328 cm³/mol. The maximum Gasteiger partial charge on any atom is 0.164 e. The van der Waals surface area contributed by atoms with Gasteiger partial charge in [0.2, 0.25) is 0 Å². The molecular formula is C43B25N3O2. The van der Waals surface area contributed by atoms with E-state index in [4.69, 9.17) is 220 Å². The van der Waals surface area contributed by atoms with Gasteiger partial charge in [-0.1, -0.05) is 76.5 Å². The van der Waals surface area contributed by atoms with Crippen LogP contribution < -0.4 is 137 Å². The van der Waals surface area contributed by atoms with Gasteiger partial charge in [-0.3, -0.25) is 0 Å². The number of fused-ring (bicyclic) bond motifs is 7. The Bertz CT molecular complexity index is 4250. The summed E-state index contributed by atoms with van der Waals surface area (Å²) in [5.74, 6) is -0.979. The van der Waals surface area contributed by atoms with Crippen molar-refractivity contribution in [3.63, 3.8) is 0 Å². The molecule has 0 N–H and O–H groups in total. The fourth-order valence-electron chi connectivity index (χ4n) is 9.45. The minimum Gasteiger partial charge on any atom is -0.457 e. The van der Waals surface area contributed by atoms with Crippen LogP contribution in [0, 0.1) is 0 Å². The first kappa shape index (κ1) is 51.5. The molecule has 0 atom stereocenters. The lowest BCUT2D eigenvalue weighted by atomic mass is 9.59. The van der Waals surface area contributed by atoms with Crippen LogP contribution in [0.25, 0.3) is 99.9 Å². The Hall–Kier alpha value is -4.97. The monoisotopic (exact) mass is 865 g/mol. The van der Waals surface area contributed by atoms with Gasteiger partial charge < -0.3 is 8.83 Å². The summed E-state index contributed by atoms with van der Waals surface area (Å²) in [6.45, 7) is 0. The SMILES string of the molecule is [B]c1c([B])c([B])c(-c2nc(-c3c([B])c([B])c([B])c4c(-c5c([B])c([B])c([B])c6oc7c([B])c([B])c([B])c([B])c7c56)c([B])c([B])c([B])c34)nc(-c3c([B])c([B])c([B])c4oc5c([B])c([B])c([B])c([B])c5c34)n2)c([B])c1[B]. The molecule has 30 heteroatoms. The molecule has 0 amide bonds. The Morgan fingerprint density at radius 1 is 0.164 bits per heavy atom. The van der Waals surface area contributed by atoms with Crippen LogP contribution in [0.2, 0.25) is 0 Å². The summed E-state index contributed by atoms with van der Waals surface area (Å²) >= 11 is 0. The predicted octanol–water partition coefficient (Wildman–Crippen LogP) is -18.7. The first-order valence-electron chi connectivity index (χ1n) is 21.1. The molecule has 0 spiro atoms. The van der Waals surface area contributed by atoms with Crippen LogP contribution in [0.15, 0.2) is 8.83 Å². The Morgan fingerprint density at radius 2 is 0.356 bits per heavy atom. The highest BCUT2D eigenvalue weighted by Gasteiger charge is 2.30. The summed E-state index contributed by atoms with van der Waals surface area (Å²) in [7, 11) is 166. The van der Waals surface area contributed by atoms with Crippen LogP contribution in [-0.2, 0) is 0 Å². The molecular weight excluding hydrogens is 861 g/mol. The second-order valence-electron chi connectivity index (χ2n) is 17.3. The number of benzene rings is 7. The smallest absolute Gasteiger partial charge is 0.164 e. The lowest BCUT2D eigenvalue weighted by Crippen LogP contribution is -2.55. The summed E-state index contributed by atoms with van der Waals surface area (Å²) in [6, 6.07) is 0. The Balaban J connectivity index is 1.44. The van der Waals surface area contributed by atoms with Crippen molar-refractivity contribution in [2.75, 3.05) is 0 Å². The van der Waals surface area contributed by atoms with Gasteiger partial charge in [0, 0.05) is 38.2 Å². The van der Waals surface area contributed by atoms with Gasteiger partial charge in [-0.25, -0.2) is 15.0 Å². The molecule has 0 aliphatic heterocycles. The van der Waals surface area contributed by atoms with Crippen LogP contribution in [0.5, 0.6) is 0 Å². The molecule has 0 fully saturated rings. The first-order chi connectivity index (χ1) is 34.2. The molecule has 0 bridgehead atoms. The lowest BCUT2D eigenvalue weighted by Gasteiger charge is -2.28. The molecule has 0 aliphatic carbocycles. The fourth-order valence-corrected chi connectivity index (χ4v) is 9.45. The summed E-state index contributed by atoms with van der Waals surface area (Å²) in [5.41, 5.74) is -4.49. The zero-order valence-corrected chi connectivity index (χ0v) is 38.1. The van der Waals surface area contributed by atoms with Gasteiger partial charge in [-0.2, -0.15) is 0 Å². The van der Waals surface area contributed by atoms with Crippen molar-refractivity contribution in [1.82, 2.24) is 15.0 Å². The summed E-state index contributed by atoms with van der Waals surface area (Å²) in [6.07, 6.45) is 0. The van der Waals surface area contributed by atoms with E-state index in [2.05, 4.69) is 0 Å². The van der Waals surface area contributed by atoms with E-state index in [1.165, 1.54) is 0 Å². The van der Waals surface area contributed by atoms with Crippen LogP contribution >= 0.6 is 0 Å². The maximum absolute atomic E-state index is 7.01. The van der Waals surface area contributed by atoms with Crippen molar-refractivity contribution in [2.24, 2.45) is 0 Å². The molecule has 274 valence electrons. The number of rotatable bonds is 4. The summed E-state index contributed by atoms with van der Waals surface area (Å²) in [5, 5.41) is 0.285. The van der Waals surface area contributed by atoms with Gasteiger partial charge in [0.15, 0.2) is 17.5 Å². The fraction of sp³-hybridized carbons (Fsp3) is 0. The normalized spacial score (nSPS) is 11.8. The zero-order valence-electron chi connectivity index (χ0n) is 38.1. The van der Waals surface area contributed by atoms with Crippen molar-refractivity contribution >= 4 is 387 Å². The topological polar surface area (TPSA) is 65.0 Å². The number of aromatic nitrogens is 3. The van der Waals surface area contributed by atoms with Gasteiger partial charge in [0.1, 0.15) is 218 Å². The molecule has 0 saturated carbocycles. The molecule has 3 aromatic heterocycles. The maximum atomic E-state index is 7.01. The lowest BCUT2D eigenvalue weighted by molar-refractivity contribution is 0.674. The van der Waals surface area contributed by atoms with Gasteiger partial charge in [-0.15, -0.1) is 60.1 Å². The highest BCUT2D eigenvalue weighted by molar-refractivity contribution is 6.74. The van der Waals surface area contributed by atoms with Crippen molar-refractivity contribution < 1.29 is 8.83 Å². The van der Waals surface area contributed by atoms with Crippen molar-refractivity contribution in [1.29, 1.82) is 0 Å². The number of furan rings is 2. The highest BCUT2D eigenvalue weighted by atomic mass is 16.3.